The third-order valence-electron chi connectivity index (χ3n) is 3.54. The first-order valence-corrected chi connectivity index (χ1v) is 6.81. The highest BCUT2D eigenvalue weighted by Gasteiger charge is 2.23. The molecule has 1 amide bonds. The second-order valence-electron chi connectivity index (χ2n) is 4.94. The molecule has 1 fully saturated rings. The number of hydrogen-bond acceptors (Lipinski definition) is 3. The van der Waals surface area contributed by atoms with Gasteiger partial charge in [0, 0.05) is 19.3 Å². The SMILES string of the molecule is CCNCC1CCN(C(=O)c2cncc(F)c2)CC1. The minimum atomic E-state index is -0.465. The van der Waals surface area contributed by atoms with E-state index in [1.165, 1.54) is 12.3 Å². The van der Waals surface area contributed by atoms with Gasteiger partial charge in [-0.15, -0.1) is 0 Å². The van der Waals surface area contributed by atoms with Gasteiger partial charge in [-0.3, -0.25) is 9.78 Å². The predicted octanol–water partition coefficient (Wildman–Crippen LogP) is 1.68. The van der Waals surface area contributed by atoms with Crippen molar-refractivity contribution in [2.24, 2.45) is 5.92 Å². The smallest absolute Gasteiger partial charge is 0.255 e. The summed E-state index contributed by atoms with van der Waals surface area (Å²) in [4.78, 5) is 17.7. The van der Waals surface area contributed by atoms with Gasteiger partial charge in [-0.25, -0.2) is 4.39 Å². The van der Waals surface area contributed by atoms with Crippen LogP contribution in [-0.2, 0) is 0 Å². The second-order valence-corrected chi connectivity index (χ2v) is 4.94. The predicted molar refractivity (Wildman–Crippen MR) is 71.4 cm³/mol. The van der Waals surface area contributed by atoms with Gasteiger partial charge in [0.2, 0.25) is 0 Å². The van der Waals surface area contributed by atoms with Gasteiger partial charge in [-0.1, -0.05) is 6.92 Å². The van der Waals surface area contributed by atoms with Crippen molar-refractivity contribution in [2.45, 2.75) is 19.8 Å². The van der Waals surface area contributed by atoms with Crippen molar-refractivity contribution < 1.29 is 9.18 Å². The number of piperidine rings is 1. The van der Waals surface area contributed by atoms with E-state index in [4.69, 9.17) is 0 Å². The number of nitrogens with zero attached hydrogens (tertiary/aromatic N) is 2. The van der Waals surface area contributed by atoms with Crippen LogP contribution in [0.15, 0.2) is 18.5 Å². The topological polar surface area (TPSA) is 45.2 Å². The number of amides is 1. The highest BCUT2D eigenvalue weighted by atomic mass is 19.1. The molecule has 0 bridgehead atoms. The van der Waals surface area contributed by atoms with Crippen LogP contribution in [0, 0.1) is 11.7 Å². The van der Waals surface area contributed by atoms with Gasteiger partial charge in [0.1, 0.15) is 5.82 Å². The summed E-state index contributed by atoms with van der Waals surface area (Å²) in [7, 11) is 0. The van der Waals surface area contributed by atoms with Crippen molar-refractivity contribution >= 4 is 5.91 Å². The average Bonchev–Trinajstić information content (AvgIpc) is 2.45. The van der Waals surface area contributed by atoms with Crippen LogP contribution in [0.4, 0.5) is 4.39 Å². The molecule has 0 atom stereocenters. The summed E-state index contributed by atoms with van der Waals surface area (Å²) in [5.74, 6) is 0.0522. The third-order valence-corrected chi connectivity index (χ3v) is 3.54. The van der Waals surface area contributed by atoms with E-state index in [2.05, 4.69) is 17.2 Å². The lowest BCUT2D eigenvalue weighted by Gasteiger charge is -2.32. The first-order valence-electron chi connectivity index (χ1n) is 6.81. The molecule has 1 N–H and O–H groups in total. The van der Waals surface area contributed by atoms with Gasteiger partial charge in [0.05, 0.1) is 11.8 Å². The van der Waals surface area contributed by atoms with Crippen LogP contribution < -0.4 is 5.32 Å². The van der Waals surface area contributed by atoms with Crippen LogP contribution in [0.2, 0.25) is 0 Å². The van der Waals surface area contributed by atoms with Crippen molar-refractivity contribution in [2.75, 3.05) is 26.2 Å². The molecule has 0 aliphatic carbocycles. The van der Waals surface area contributed by atoms with E-state index >= 15 is 0 Å². The van der Waals surface area contributed by atoms with Gasteiger partial charge in [0.25, 0.3) is 5.91 Å². The molecule has 0 radical (unpaired) electrons. The standard InChI is InChI=1S/C14H20FN3O/c1-2-16-8-11-3-5-18(6-4-11)14(19)12-7-13(15)10-17-9-12/h7,9-11,16H,2-6,8H2,1H3. The van der Waals surface area contributed by atoms with E-state index in [1.807, 2.05) is 0 Å². The number of pyridine rings is 1. The Morgan fingerprint density at radius 3 is 2.84 bits per heavy atom. The Bertz CT molecular complexity index is 430. The molecular formula is C14H20FN3O. The molecule has 0 saturated carbocycles. The Morgan fingerprint density at radius 2 is 2.21 bits per heavy atom. The number of halogens is 1. The zero-order valence-corrected chi connectivity index (χ0v) is 11.2. The highest BCUT2D eigenvalue weighted by Crippen LogP contribution is 2.18. The van der Waals surface area contributed by atoms with E-state index in [9.17, 15) is 9.18 Å². The summed E-state index contributed by atoms with van der Waals surface area (Å²) in [6.07, 6.45) is 4.54. The normalized spacial score (nSPS) is 16.6. The van der Waals surface area contributed by atoms with Crippen LogP contribution in [0.25, 0.3) is 0 Å². The third kappa shape index (κ3) is 3.73. The molecule has 1 aliphatic rings. The highest BCUT2D eigenvalue weighted by molar-refractivity contribution is 5.93. The Morgan fingerprint density at radius 1 is 1.47 bits per heavy atom. The molecule has 0 aromatic carbocycles. The molecule has 2 heterocycles. The Labute approximate surface area is 113 Å². The van der Waals surface area contributed by atoms with Crippen LogP contribution in [0.1, 0.15) is 30.1 Å². The van der Waals surface area contributed by atoms with E-state index in [0.717, 1.165) is 45.2 Å². The Hall–Kier alpha value is -1.49. The van der Waals surface area contributed by atoms with Gasteiger partial charge >= 0.3 is 0 Å². The number of carbonyl (C=O) groups excluding carboxylic acids is 1. The van der Waals surface area contributed by atoms with Gasteiger partial charge < -0.3 is 10.2 Å². The first kappa shape index (κ1) is 13.9. The van der Waals surface area contributed by atoms with Crippen molar-refractivity contribution in [3.8, 4) is 0 Å². The number of nitrogens with one attached hydrogen (secondary N) is 1. The number of rotatable bonds is 4. The first-order chi connectivity index (χ1) is 9.20. The summed E-state index contributed by atoms with van der Waals surface area (Å²) >= 11 is 0. The molecule has 19 heavy (non-hydrogen) atoms. The molecule has 104 valence electrons. The van der Waals surface area contributed by atoms with Crippen molar-refractivity contribution in [1.29, 1.82) is 0 Å². The number of hydrogen-bond donors (Lipinski definition) is 1. The summed E-state index contributed by atoms with van der Waals surface area (Å²) < 4.78 is 13.1. The minimum absolute atomic E-state index is 0.117. The monoisotopic (exact) mass is 265 g/mol. The van der Waals surface area contributed by atoms with Crippen LogP contribution in [0.5, 0.6) is 0 Å². The van der Waals surface area contributed by atoms with Crippen molar-refractivity contribution in [1.82, 2.24) is 15.2 Å². The van der Waals surface area contributed by atoms with Crippen LogP contribution in [0.3, 0.4) is 0 Å². The molecule has 1 saturated heterocycles. The van der Waals surface area contributed by atoms with E-state index in [1.54, 1.807) is 4.90 Å². The number of likely N-dealkylation sites (tertiary alicyclic amines) is 1. The van der Waals surface area contributed by atoms with Crippen LogP contribution >= 0.6 is 0 Å². The lowest BCUT2D eigenvalue weighted by Crippen LogP contribution is -2.40. The molecule has 1 aromatic rings. The zero-order valence-electron chi connectivity index (χ0n) is 11.2. The van der Waals surface area contributed by atoms with Crippen molar-refractivity contribution in [3.63, 3.8) is 0 Å². The molecule has 0 unspecified atom stereocenters. The Balaban J connectivity index is 1.89. The zero-order chi connectivity index (χ0) is 13.7. The van der Waals surface area contributed by atoms with Crippen LogP contribution in [-0.4, -0.2) is 42.0 Å². The summed E-state index contributed by atoms with van der Waals surface area (Å²) in [6, 6.07) is 1.25. The fourth-order valence-corrected chi connectivity index (χ4v) is 2.40. The Kier molecular flexibility index (Phi) is 4.85. The maximum atomic E-state index is 13.1. The maximum absolute atomic E-state index is 13.1. The molecule has 5 heteroatoms. The van der Waals surface area contributed by atoms with E-state index in [0.29, 0.717) is 11.5 Å². The van der Waals surface area contributed by atoms with E-state index in [-0.39, 0.29) is 5.91 Å². The number of carbonyl (C=O) groups is 1. The molecular weight excluding hydrogens is 245 g/mol. The summed E-state index contributed by atoms with van der Waals surface area (Å²) in [6.45, 7) is 5.57. The maximum Gasteiger partial charge on any atom is 0.255 e. The average molecular weight is 265 g/mol. The van der Waals surface area contributed by atoms with Gasteiger partial charge in [-0.2, -0.15) is 0 Å². The molecule has 2 rings (SSSR count). The van der Waals surface area contributed by atoms with Gasteiger partial charge in [-0.05, 0) is 37.9 Å². The van der Waals surface area contributed by atoms with E-state index < -0.39 is 5.82 Å². The fraction of sp³-hybridized carbons (Fsp3) is 0.571. The minimum Gasteiger partial charge on any atom is -0.339 e. The summed E-state index contributed by atoms with van der Waals surface area (Å²) in [5.41, 5.74) is 0.338. The molecule has 4 nitrogen and oxygen atoms in total. The largest absolute Gasteiger partial charge is 0.339 e. The quantitative estimate of drug-likeness (QED) is 0.901. The van der Waals surface area contributed by atoms with Gasteiger partial charge in [0.15, 0.2) is 0 Å². The lowest BCUT2D eigenvalue weighted by atomic mass is 9.96. The second kappa shape index (κ2) is 6.61. The fourth-order valence-electron chi connectivity index (χ4n) is 2.40. The molecule has 1 aromatic heterocycles. The molecule has 0 spiro atoms. The van der Waals surface area contributed by atoms with Crippen molar-refractivity contribution in [3.05, 3.63) is 29.8 Å². The lowest BCUT2D eigenvalue weighted by molar-refractivity contribution is 0.0689. The molecule has 1 aliphatic heterocycles. The summed E-state index contributed by atoms with van der Waals surface area (Å²) in [5, 5.41) is 3.34. The number of aromatic nitrogens is 1.